The van der Waals surface area contributed by atoms with Crippen molar-refractivity contribution in [1.29, 1.82) is 0 Å². The van der Waals surface area contributed by atoms with E-state index < -0.39 is 0 Å². The molecule has 1 fully saturated rings. The van der Waals surface area contributed by atoms with Gasteiger partial charge in [-0.05, 0) is 32.4 Å². The molecule has 4 nitrogen and oxygen atoms in total. The number of piperidine rings is 1. The Kier molecular flexibility index (Phi) is 3.88. The molecule has 1 aliphatic rings. The van der Waals surface area contributed by atoms with E-state index in [4.69, 9.17) is 4.74 Å². The largest absolute Gasteiger partial charge is 0.377 e. The molecule has 18 heavy (non-hydrogen) atoms. The van der Waals surface area contributed by atoms with Crippen molar-refractivity contribution in [1.82, 2.24) is 9.47 Å². The van der Waals surface area contributed by atoms with Crippen LogP contribution in [0.4, 0.5) is 0 Å². The highest BCUT2D eigenvalue weighted by molar-refractivity contribution is 5.97. The van der Waals surface area contributed by atoms with Gasteiger partial charge in [-0.3, -0.25) is 9.69 Å². The van der Waals surface area contributed by atoms with E-state index in [-0.39, 0.29) is 11.4 Å². The molecule has 1 saturated heterocycles. The van der Waals surface area contributed by atoms with E-state index in [1.807, 2.05) is 30.1 Å². The molecular weight excluding hydrogens is 228 g/mol. The fourth-order valence-electron chi connectivity index (χ4n) is 2.57. The third-order valence-corrected chi connectivity index (χ3v) is 3.75. The Morgan fingerprint density at radius 3 is 2.94 bits per heavy atom. The third-order valence-electron chi connectivity index (χ3n) is 3.75. The van der Waals surface area contributed by atoms with Crippen molar-refractivity contribution in [2.45, 2.75) is 25.4 Å². The van der Waals surface area contributed by atoms with E-state index in [1.165, 1.54) is 0 Å². The Bertz CT molecular complexity index is 427. The lowest BCUT2D eigenvalue weighted by atomic mass is 9.94. The Hall–Kier alpha value is -1.13. The summed E-state index contributed by atoms with van der Waals surface area (Å²) in [5.41, 5.74) is 0.692. The van der Waals surface area contributed by atoms with Crippen LogP contribution < -0.4 is 0 Å². The van der Waals surface area contributed by atoms with Crippen LogP contribution >= 0.6 is 0 Å². The van der Waals surface area contributed by atoms with Gasteiger partial charge in [0.25, 0.3) is 0 Å². The second-order valence-corrected chi connectivity index (χ2v) is 5.46. The van der Waals surface area contributed by atoms with Gasteiger partial charge in [0.2, 0.25) is 0 Å². The first-order valence-electron chi connectivity index (χ1n) is 6.45. The number of nitrogens with zero attached hydrogens (tertiary/aromatic N) is 2. The van der Waals surface area contributed by atoms with Gasteiger partial charge < -0.3 is 9.30 Å². The molecule has 0 N–H and O–H groups in total. The molecule has 2 heterocycles. The highest BCUT2D eigenvalue weighted by Crippen LogP contribution is 2.23. The van der Waals surface area contributed by atoms with Gasteiger partial charge in [-0.1, -0.05) is 0 Å². The maximum Gasteiger partial charge on any atom is 0.178 e. The summed E-state index contributed by atoms with van der Waals surface area (Å²) in [6, 6.07) is 1.88. The smallest absolute Gasteiger partial charge is 0.178 e. The number of aryl methyl sites for hydroxylation is 1. The summed E-state index contributed by atoms with van der Waals surface area (Å²) in [5.74, 6) is 0.191. The van der Waals surface area contributed by atoms with Gasteiger partial charge in [0.15, 0.2) is 5.78 Å². The molecule has 0 radical (unpaired) electrons. The maximum atomic E-state index is 12.1. The first kappa shape index (κ1) is 13.3. The maximum absolute atomic E-state index is 12.1. The van der Waals surface area contributed by atoms with E-state index >= 15 is 0 Å². The minimum absolute atomic E-state index is 0.102. The molecule has 0 amide bonds. The quantitative estimate of drug-likeness (QED) is 0.763. The van der Waals surface area contributed by atoms with Gasteiger partial charge in [-0.25, -0.2) is 0 Å². The minimum atomic E-state index is -0.102. The molecule has 0 spiro atoms. The van der Waals surface area contributed by atoms with Gasteiger partial charge >= 0.3 is 0 Å². The first-order valence-corrected chi connectivity index (χ1v) is 6.45. The second-order valence-electron chi connectivity index (χ2n) is 5.46. The molecule has 1 unspecified atom stereocenters. The molecule has 100 valence electrons. The van der Waals surface area contributed by atoms with E-state index in [1.54, 1.807) is 7.11 Å². The predicted octanol–water partition coefficient (Wildman–Crippen LogP) is 1.71. The highest BCUT2D eigenvalue weighted by atomic mass is 16.5. The molecule has 4 heteroatoms. The number of ketones is 1. The molecule has 0 aliphatic carbocycles. The van der Waals surface area contributed by atoms with Crippen LogP contribution in [0.1, 0.15) is 30.1 Å². The Morgan fingerprint density at radius 2 is 2.33 bits per heavy atom. The van der Waals surface area contributed by atoms with E-state index in [9.17, 15) is 4.79 Å². The number of carbonyl (C=O) groups is 1. The van der Waals surface area contributed by atoms with Crippen LogP contribution in [-0.4, -0.2) is 47.6 Å². The summed E-state index contributed by atoms with van der Waals surface area (Å²) in [7, 11) is 3.68. The number of likely N-dealkylation sites (tertiary alicyclic amines) is 1. The molecule has 0 aromatic carbocycles. The van der Waals surface area contributed by atoms with Crippen molar-refractivity contribution < 1.29 is 9.53 Å². The average Bonchev–Trinajstić information content (AvgIpc) is 2.76. The number of carbonyl (C=O) groups excluding carboxylic acids is 1. The molecule has 1 aliphatic heterocycles. The van der Waals surface area contributed by atoms with Gasteiger partial charge in [0.05, 0.1) is 12.1 Å². The Balaban J connectivity index is 1.95. The standard InChI is InChI=1S/C14H22N2O2/c1-14(18-3)6-4-7-16(11-14)10-13(17)12-5-8-15(2)9-12/h5,8-9H,4,6-7,10-11H2,1-3H3. The third kappa shape index (κ3) is 3.00. The second kappa shape index (κ2) is 5.24. The van der Waals surface area contributed by atoms with Crippen LogP contribution in [-0.2, 0) is 11.8 Å². The number of aromatic nitrogens is 1. The SMILES string of the molecule is COC1(C)CCCN(CC(=O)c2ccn(C)c2)C1. The number of hydrogen-bond donors (Lipinski definition) is 0. The zero-order chi connectivity index (χ0) is 13.2. The van der Waals surface area contributed by atoms with Gasteiger partial charge in [0.1, 0.15) is 0 Å². The van der Waals surface area contributed by atoms with Crippen molar-refractivity contribution in [3.8, 4) is 0 Å². The summed E-state index contributed by atoms with van der Waals surface area (Å²) in [5, 5.41) is 0. The van der Waals surface area contributed by atoms with Crippen LogP contribution in [0.5, 0.6) is 0 Å². The van der Waals surface area contributed by atoms with Crippen LogP contribution in [0, 0.1) is 0 Å². The zero-order valence-corrected chi connectivity index (χ0v) is 11.5. The molecule has 1 aromatic rings. The van der Waals surface area contributed by atoms with E-state index in [2.05, 4.69) is 11.8 Å². The summed E-state index contributed by atoms with van der Waals surface area (Å²) in [6.07, 6.45) is 5.94. The van der Waals surface area contributed by atoms with Crippen LogP contribution in [0.2, 0.25) is 0 Å². The molecule has 1 atom stereocenters. The lowest BCUT2D eigenvalue weighted by molar-refractivity contribution is -0.0485. The van der Waals surface area contributed by atoms with Gasteiger partial charge in [-0.15, -0.1) is 0 Å². The average molecular weight is 250 g/mol. The molecule has 1 aromatic heterocycles. The topological polar surface area (TPSA) is 34.5 Å². The van der Waals surface area contributed by atoms with Crippen molar-refractivity contribution in [2.75, 3.05) is 26.7 Å². The normalized spacial score (nSPS) is 25.3. The molecule has 2 rings (SSSR count). The monoisotopic (exact) mass is 250 g/mol. The summed E-state index contributed by atoms with van der Waals surface area (Å²) in [6.45, 7) is 4.43. The fraction of sp³-hybridized carbons (Fsp3) is 0.643. The minimum Gasteiger partial charge on any atom is -0.377 e. The summed E-state index contributed by atoms with van der Waals surface area (Å²) in [4.78, 5) is 14.3. The molecular formula is C14H22N2O2. The number of ether oxygens (including phenoxy) is 1. The fourth-order valence-corrected chi connectivity index (χ4v) is 2.57. The van der Waals surface area contributed by atoms with Crippen molar-refractivity contribution in [3.05, 3.63) is 24.0 Å². The van der Waals surface area contributed by atoms with E-state index in [0.29, 0.717) is 6.54 Å². The Labute approximate surface area is 109 Å². The van der Waals surface area contributed by atoms with Crippen molar-refractivity contribution in [2.24, 2.45) is 7.05 Å². The lowest BCUT2D eigenvalue weighted by Crippen LogP contribution is -2.48. The van der Waals surface area contributed by atoms with Crippen molar-refractivity contribution >= 4 is 5.78 Å². The first-order chi connectivity index (χ1) is 8.52. The van der Waals surface area contributed by atoms with Crippen LogP contribution in [0.15, 0.2) is 18.5 Å². The lowest BCUT2D eigenvalue weighted by Gasteiger charge is -2.39. The molecule has 0 saturated carbocycles. The zero-order valence-electron chi connectivity index (χ0n) is 11.5. The summed E-state index contributed by atoms with van der Waals surface area (Å²) < 4.78 is 7.45. The van der Waals surface area contributed by atoms with Gasteiger partial charge in [-0.2, -0.15) is 0 Å². The van der Waals surface area contributed by atoms with Crippen LogP contribution in [0.25, 0.3) is 0 Å². The summed E-state index contributed by atoms with van der Waals surface area (Å²) >= 11 is 0. The molecule has 0 bridgehead atoms. The Morgan fingerprint density at radius 1 is 1.56 bits per heavy atom. The van der Waals surface area contributed by atoms with Gasteiger partial charge in [0, 0.05) is 38.7 Å². The van der Waals surface area contributed by atoms with Crippen LogP contribution in [0.3, 0.4) is 0 Å². The number of Topliss-reactive ketones (excluding diaryl/α,β-unsaturated/α-hetero) is 1. The highest BCUT2D eigenvalue weighted by Gasteiger charge is 2.31. The predicted molar refractivity (Wildman–Crippen MR) is 70.8 cm³/mol. The number of rotatable bonds is 4. The number of hydrogen-bond acceptors (Lipinski definition) is 3. The van der Waals surface area contributed by atoms with Crippen molar-refractivity contribution in [3.63, 3.8) is 0 Å². The number of methoxy groups -OCH3 is 1. The van der Waals surface area contributed by atoms with E-state index in [0.717, 1.165) is 31.5 Å².